The molecule has 0 saturated carbocycles. The third kappa shape index (κ3) is 27.5. The Hall–Kier alpha value is -1.18. The van der Waals surface area contributed by atoms with Crippen LogP contribution in [-0.2, 0) is 28.5 Å². The zero-order valence-electron chi connectivity index (χ0n) is 33.6. The van der Waals surface area contributed by atoms with Crippen LogP contribution in [0.25, 0.3) is 0 Å². The van der Waals surface area contributed by atoms with Gasteiger partial charge in [0.1, 0.15) is 6.61 Å². The Morgan fingerprint density at radius 3 is 1.28 bits per heavy atom. The van der Waals surface area contributed by atoms with Gasteiger partial charge in [0.15, 0.2) is 0 Å². The van der Waals surface area contributed by atoms with Gasteiger partial charge in [0, 0.05) is 32.5 Å². The zero-order chi connectivity index (χ0) is 36.3. The number of ether oxygens (including phenoxy) is 4. The van der Waals surface area contributed by atoms with Crippen molar-refractivity contribution in [2.75, 3.05) is 39.5 Å². The number of hydrogen-bond donors (Lipinski definition) is 1. The van der Waals surface area contributed by atoms with E-state index in [4.69, 9.17) is 18.9 Å². The molecule has 4 atom stereocenters. The third-order valence-corrected chi connectivity index (χ3v) is 10.4. The highest BCUT2D eigenvalue weighted by molar-refractivity contribution is 5.70. The Kier molecular flexibility index (Phi) is 32.7. The fraction of sp³-hybridized carbons (Fsp3) is 0.953. The highest BCUT2D eigenvalue weighted by Crippen LogP contribution is 2.24. The van der Waals surface area contributed by atoms with Gasteiger partial charge in [-0.15, -0.1) is 0 Å². The van der Waals surface area contributed by atoms with E-state index >= 15 is 0 Å². The summed E-state index contributed by atoms with van der Waals surface area (Å²) < 4.78 is 23.5. The minimum atomic E-state index is -0.0780. The van der Waals surface area contributed by atoms with Crippen LogP contribution in [0.2, 0.25) is 0 Å². The Balaban J connectivity index is 2.20. The lowest BCUT2D eigenvalue weighted by Crippen LogP contribution is -2.31. The predicted octanol–water partition coefficient (Wildman–Crippen LogP) is 11.3. The standard InChI is InChI=1S/C43H83NO6/c1-5-9-13-17-22-28-38(26-20-15-11-7-3)34-42(45)49-31-25-19-24-30-47-40-36-44-37-41(40)48-32-33-50-43(46)35-39(27-21-16-12-8-4)29-23-18-14-10-6-2/h38-41,44H,5-37H2,1-4H3/t38?,39?,40-,41+/m0/s1. The first kappa shape index (κ1) is 46.8. The molecule has 0 radical (unpaired) electrons. The number of carbonyl (C=O) groups excluding carboxylic acids is 2. The molecule has 1 aliphatic rings. The highest BCUT2D eigenvalue weighted by atomic mass is 16.6. The lowest BCUT2D eigenvalue weighted by Gasteiger charge is -2.20. The molecular weight excluding hydrogens is 626 g/mol. The quantitative estimate of drug-likeness (QED) is 0.0508. The number of rotatable bonds is 37. The summed E-state index contributed by atoms with van der Waals surface area (Å²) in [7, 11) is 0. The summed E-state index contributed by atoms with van der Waals surface area (Å²) in [5.41, 5.74) is 0. The number of nitrogens with one attached hydrogen (secondary N) is 1. The number of unbranched alkanes of at least 4 members (excludes halogenated alkanes) is 16. The molecule has 1 heterocycles. The molecule has 0 aromatic carbocycles. The molecule has 50 heavy (non-hydrogen) atoms. The Morgan fingerprint density at radius 1 is 0.460 bits per heavy atom. The van der Waals surface area contributed by atoms with E-state index < -0.39 is 0 Å². The molecule has 1 fully saturated rings. The van der Waals surface area contributed by atoms with Gasteiger partial charge >= 0.3 is 11.9 Å². The summed E-state index contributed by atoms with van der Waals surface area (Å²) in [5.74, 6) is 0.825. The van der Waals surface area contributed by atoms with Crippen LogP contribution < -0.4 is 5.32 Å². The molecule has 0 spiro atoms. The van der Waals surface area contributed by atoms with Crippen LogP contribution >= 0.6 is 0 Å². The second-order valence-corrected chi connectivity index (χ2v) is 15.2. The van der Waals surface area contributed by atoms with Crippen molar-refractivity contribution in [2.45, 2.75) is 213 Å². The van der Waals surface area contributed by atoms with Gasteiger partial charge in [0.25, 0.3) is 0 Å². The molecule has 0 aromatic rings. The molecule has 0 aromatic heterocycles. The van der Waals surface area contributed by atoms with Crippen molar-refractivity contribution < 1.29 is 28.5 Å². The maximum Gasteiger partial charge on any atom is 0.306 e. The molecular formula is C43H83NO6. The van der Waals surface area contributed by atoms with E-state index in [1.807, 2.05) is 0 Å². The van der Waals surface area contributed by atoms with E-state index in [2.05, 4.69) is 33.0 Å². The molecule has 1 N–H and O–H groups in total. The molecule has 296 valence electrons. The minimum Gasteiger partial charge on any atom is -0.466 e. The van der Waals surface area contributed by atoms with Gasteiger partial charge in [-0.2, -0.15) is 0 Å². The van der Waals surface area contributed by atoms with Crippen molar-refractivity contribution in [1.82, 2.24) is 5.32 Å². The first-order chi connectivity index (χ1) is 24.5. The average Bonchev–Trinajstić information content (AvgIpc) is 3.56. The van der Waals surface area contributed by atoms with E-state index in [1.165, 1.54) is 116 Å². The zero-order valence-corrected chi connectivity index (χ0v) is 33.6. The molecule has 0 amide bonds. The van der Waals surface area contributed by atoms with Crippen LogP contribution in [0.4, 0.5) is 0 Å². The molecule has 7 heteroatoms. The molecule has 7 nitrogen and oxygen atoms in total. The Morgan fingerprint density at radius 2 is 0.820 bits per heavy atom. The van der Waals surface area contributed by atoms with Gasteiger partial charge in [-0.1, -0.05) is 143 Å². The summed E-state index contributed by atoms with van der Waals surface area (Å²) in [5, 5.41) is 3.37. The van der Waals surface area contributed by atoms with Gasteiger partial charge in [-0.05, 0) is 56.8 Å². The minimum absolute atomic E-state index is 0.0139. The van der Waals surface area contributed by atoms with Crippen LogP contribution in [0.1, 0.15) is 201 Å². The average molecular weight is 710 g/mol. The van der Waals surface area contributed by atoms with Gasteiger partial charge in [0.2, 0.25) is 0 Å². The SMILES string of the molecule is CCCCCCCC(CCCCCC)CC(=O)OCCCCCO[C@H]1CNC[C@H]1OCCOC(=O)CC(CCCCCC)CCCCCCC. The van der Waals surface area contributed by atoms with Gasteiger partial charge in [0.05, 0.1) is 25.4 Å². The van der Waals surface area contributed by atoms with Crippen molar-refractivity contribution in [3.8, 4) is 0 Å². The second-order valence-electron chi connectivity index (χ2n) is 15.2. The fourth-order valence-corrected chi connectivity index (χ4v) is 7.20. The highest BCUT2D eigenvalue weighted by Gasteiger charge is 2.28. The third-order valence-electron chi connectivity index (χ3n) is 10.4. The van der Waals surface area contributed by atoms with Crippen molar-refractivity contribution in [1.29, 1.82) is 0 Å². The fourth-order valence-electron chi connectivity index (χ4n) is 7.20. The largest absolute Gasteiger partial charge is 0.466 e. The van der Waals surface area contributed by atoms with Gasteiger partial charge in [-0.3, -0.25) is 9.59 Å². The normalized spacial score (nSPS) is 17.2. The van der Waals surface area contributed by atoms with E-state index in [1.54, 1.807) is 0 Å². The summed E-state index contributed by atoms with van der Waals surface area (Å²) in [6.07, 6.45) is 31.3. The summed E-state index contributed by atoms with van der Waals surface area (Å²) in [4.78, 5) is 25.3. The lowest BCUT2D eigenvalue weighted by atomic mass is 9.91. The van der Waals surface area contributed by atoms with E-state index in [0.717, 1.165) is 58.0 Å². The number of esters is 2. The lowest BCUT2D eigenvalue weighted by molar-refractivity contribution is -0.148. The molecule has 0 bridgehead atoms. The Labute approximate surface area is 309 Å². The van der Waals surface area contributed by atoms with Gasteiger partial charge < -0.3 is 24.3 Å². The number of carbonyl (C=O) groups is 2. The molecule has 1 rings (SSSR count). The first-order valence-corrected chi connectivity index (χ1v) is 21.8. The molecule has 1 aliphatic heterocycles. The van der Waals surface area contributed by atoms with Crippen molar-refractivity contribution >= 4 is 11.9 Å². The van der Waals surface area contributed by atoms with Crippen LogP contribution in [0, 0.1) is 11.8 Å². The monoisotopic (exact) mass is 710 g/mol. The van der Waals surface area contributed by atoms with Crippen LogP contribution in [0.3, 0.4) is 0 Å². The van der Waals surface area contributed by atoms with Crippen LogP contribution in [-0.4, -0.2) is 63.7 Å². The van der Waals surface area contributed by atoms with Crippen molar-refractivity contribution in [3.05, 3.63) is 0 Å². The Bertz CT molecular complexity index is 764. The maximum atomic E-state index is 12.7. The molecule has 0 aliphatic carbocycles. The smallest absolute Gasteiger partial charge is 0.306 e. The van der Waals surface area contributed by atoms with E-state index in [0.29, 0.717) is 51.1 Å². The summed E-state index contributed by atoms with van der Waals surface area (Å²) in [6.45, 7) is 12.4. The molecule has 1 saturated heterocycles. The van der Waals surface area contributed by atoms with Crippen molar-refractivity contribution in [2.24, 2.45) is 11.8 Å². The number of hydrogen-bond acceptors (Lipinski definition) is 7. The van der Waals surface area contributed by atoms with Crippen LogP contribution in [0.5, 0.6) is 0 Å². The van der Waals surface area contributed by atoms with E-state index in [9.17, 15) is 9.59 Å². The van der Waals surface area contributed by atoms with Crippen LogP contribution in [0.15, 0.2) is 0 Å². The first-order valence-electron chi connectivity index (χ1n) is 21.8. The van der Waals surface area contributed by atoms with Crippen molar-refractivity contribution in [3.63, 3.8) is 0 Å². The summed E-state index contributed by atoms with van der Waals surface area (Å²) >= 11 is 0. The van der Waals surface area contributed by atoms with E-state index in [-0.39, 0.29) is 24.1 Å². The second kappa shape index (κ2) is 34.9. The summed E-state index contributed by atoms with van der Waals surface area (Å²) in [6, 6.07) is 0. The molecule has 2 unspecified atom stereocenters. The maximum absolute atomic E-state index is 12.7. The predicted molar refractivity (Wildman–Crippen MR) is 209 cm³/mol. The topological polar surface area (TPSA) is 83.1 Å². The van der Waals surface area contributed by atoms with Gasteiger partial charge in [-0.25, -0.2) is 0 Å².